The molecule has 0 saturated carbocycles. The fourth-order valence-electron chi connectivity index (χ4n) is 2.12. The molecule has 0 radical (unpaired) electrons. The summed E-state index contributed by atoms with van der Waals surface area (Å²) in [7, 11) is -3.25. The van der Waals surface area contributed by atoms with Crippen molar-refractivity contribution in [3.8, 4) is 0 Å². The van der Waals surface area contributed by atoms with Gasteiger partial charge in [-0.1, -0.05) is 12.8 Å². The molecule has 5 heteroatoms. The molecule has 1 heterocycles. The van der Waals surface area contributed by atoms with E-state index in [0.717, 1.165) is 38.3 Å². The zero-order valence-electron chi connectivity index (χ0n) is 10.1. The molecule has 0 spiro atoms. The molecule has 0 aromatic rings. The van der Waals surface area contributed by atoms with Crippen molar-refractivity contribution < 1.29 is 12.6 Å². The Labute approximate surface area is 98.9 Å². The molecule has 1 N–H and O–H groups in total. The van der Waals surface area contributed by atoms with Gasteiger partial charge in [0.2, 0.25) is 0 Å². The number of nitrogens with one attached hydrogen (secondary N) is 1. The van der Waals surface area contributed by atoms with Crippen LogP contribution < -0.4 is 5.32 Å². The summed E-state index contributed by atoms with van der Waals surface area (Å²) in [5.74, 6) is 0.960. The highest BCUT2D eigenvalue weighted by Crippen LogP contribution is 2.18. The average molecular weight is 249 g/mol. The summed E-state index contributed by atoms with van der Waals surface area (Å²) < 4.78 is 27.2. The quantitative estimate of drug-likeness (QED) is 0.549. The van der Waals surface area contributed by atoms with Gasteiger partial charge in [0.1, 0.15) is 0 Å². The highest BCUT2D eigenvalue weighted by Gasteiger charge is 2.14. The van der Waals surface area contributed by atoms with Gasteiger partial charge in [-0.05, 0) is 45.2 Å². The molecule has 0 unspecified atom stereocenters. The molecule has 0 aromatic carbocycles. The largest absolute Gasteiger partial charge is 0.317 e. The molecule has 1 aliphatic rings. The van der Waals surface area contributed by atoms with E-state index in [1.54, 1.807) is 6.92 Å². The maximum Gasteiger partial charge on any atom is 0.267 e. The highest BCUT2D eigenvalue weighted by atomic mass is 32.2. The highest BCUT2D eigenvalue weighted by molar-refractivity contribution is 7.86. The molecule has 0 atom stereocenters. The molecule has 0 aromatic heterocycles. The summed E-state index contributed by atoms with van der Waals surface area (Å²) in [4.78, 5) is 0. The third kappa shape index (κ3) is 5.82. The third-order valence-electron chi connectivity index (χ3n) is 3.01. The first-order valence-electron chi connectivity index (χ1n) is 6.22. The Hall–Kier alpha value is -0.130. The number of hydrogen-bond donors (Lipinski definition) is 1. The van der Waals surface area contributed by atoms with Crippen LogP contribution in [0, 0.1) is 5.92 Å². The second kappa shape index (κ2) is 7.25. The van der Waals surface area contributed by atoms with E-state index in [0.29, 0.717) is 0 Å². The van der Waals surface area contributed by atoms with Crippen LogP contribution in [-0.4, -0.2) is 33.9 Å². The molecule has 0 amide bonds. The van der Waals surface area contributed by atoms with Crippen LogP contribution in [0.25, 0.3) is 0 Å². The number of piperidine rings is 1. The van der Waals surface area contributed by atoms with Gasteiger partial charge < -0.3 is 5.32 Å². The predicted molar refractivity (Wildman–Crippen MR) is 64.9 cm³/mol. The Morgan fingerprint density at radius 2 is 1.94 bits per heavy atom. The number of rotatable bonds is 7. The van der Waals surface area contributed by atoms with Crippen LogP contribution in [0.5, 0.6) is 0 Å². The van der Waals surface area contributed by atoms with E-state index in [9.17, 15) is 8.42 Å². The second-order valence-electron chi connectivity index (χ2n) is 4.36. The Morgan fingerprint density at radius 1 is 1.25 bits per heavy atom. The van der Waals surface area contributed by atoms with Gasteiger partial charge in [-0.2, -0.15) is 8.42 Å². The molecule has 96 valence electrons. The molecule has 0 aliphatic carbocycles. The SMILES string of the molecule is CCOS(=O)(=O)CCCCC1CCNCC1. The van der Waals surface area contributed by atoms with Crippen LogP contribution in [0.15, 0.2) is 0 Å². The summed E-state index contributed by atoms with van der Waals surface area (Å²) >= 11 is 0. The van der Waals surface area contributed by atoms with Crippen molar-refractivity contribution in [2.75, 3.05) is 25.4 Å². The topological polar surface area (TPSA) is 55.4 Å². The van der Waals surface area contributed by atoms with Gasteiger partial charge in [0.15, 0.2) is 0 Å². The molecule has 16 heavy (non-hydrogen) atoms. The summed E-state index contributed by atoms with van der Waals surface area (Å²) in [6.45, 7) is 4.17. The van der Waals surface area contributed by atoms with Crippen molar-refractivity contribution in [1.29, 1.82) is 0 Å². The molecular weight excluding hydrogens is 226 g/mol. The van der Waals surface area contributed by atoms with E-state index in [1.165, 1.54) is 12.8 Å². The Balaban J connectivity index is 2.06. The molecule has 0 bridgehead atoms. The molecular formula is C11H23NO3S. The van der Waals surface area contributed by atoms with E-state index in [-0.39, 0.29) is 12.4 Å². The molecule has 1 fully saturated rings. The van der Waals surface area contributed by atoms with Crippen LogP contribution in [0.3, 0.4) is 0 Å². The summed E-state index contributed by atoms with van der Waals surface area (Å²) in [5.41, 5.74) is 0. The van der Waals surface area contributed by atoms with Crippen LogP contribution >= 0.6 is 0 Å². The van der Waals surface area contributed by atoms with E-state index >= 15 is 0 Å². The number of hydrogen-bond acceptors (Lipinski definition) is 4. The summed E-state index contributed by atoms with van der Waals surface area (Å²) in [6.07, 6.45) is 5.35. The standard InChI is InChI=1S/C11H23NO3S/c1-2-15-16(13,14)10-4-3-5-11-6-8-12-9-7-11/h11-12H,2-10H2,1H3. The Kier molecular flexibility index (Phi) is 6.31. The van der Waals surface area contributed by atoms with Crippen molar-refractivity contribution in [3.63, 3.8) is 0 Å². The minimum Gasteiger partial charge on any atom is -0.317 e. The van der Waals surface area contributed by atoms with E-state index in [4.69, 9.17) is 0 Å². The lowest BCUT2D eigenvalue weighted by atomic mass is 9.93. The van der Waals surface area contributed by atoms with Crippen molar-refractivity contribution in [2.45, 2.75) is 39.0 Å². The molecule has 1 aliphatic heterocycles. The zero-order valence-corrected chi connectivity index (χ0v) is 10.9. The fraction of sp³-hybridized carbons (Fsp3) is 1.00. The third-order valence-corrected chi connectivity index (χ3v) is 4.40. The van der Waals surface area contributed by atoms with Gasteiger partial charge in [0.25, 0.3) is 10.1 Å². The predicted octanol–water partition coefficient (Wildman–Crippen LogP) is 1.52. The number of unbranched alkanes of at least 4 members (excludes halogenated alkanes) is 1. The van der Waals surface area contributed by atoms with Crippen LogP contribution in [0.2, 0.25) is 0 Å². The maximum atomic E-state index is 11.2. The maximum absolute atomic E-state index is 11.2. The zero-order chi connectivity index (χ0) is 11.9. The normalized spacial score (nSPS) is 18.8. The summed E-state index contributed by atoms with van der Waals surface area (Å²) in [5, 5.41) is 3.33. The lowest BCUT2D eigenvalue weighted by Gasteiger charge is -2.22. The van der Waals surface area contributed by atoms with E-state index in [2.05, 4.69) is 9.50 Å². The molecule has 4 nitrogen and oxygen atoms in total. The first-order valence-corrected chi connectivity index (χ1v) is 7.79. The van der Waals surface area contributed by atoms with E-state index in [1.807, 2.05) is 0 Å². The lowest BCUT2D eigenvalue weighted by Crippen LogP contribution is -2.27. The monoisotopic (exact) mass is 249 g/mol. The van der Waals surface area contributed by atoms with Gasteiger partial charge in [0, 0.05) is 0 Å². The van der Waals surface area contributed by atoms with Crippen LogP contribution in [-0.2, 0) is 14.3 Å². The van der Waals surface area contributed by atoms with Gasteiger partial charge in [-0.3, -0.25) is 4.18 Å². The van der Waals surface area contributed by atoms with Crippen LogP contribution in [0.1, 0.15) is 39.0 Å². The molecule has 1 rings (SSSR count). The summed E-state index contributed by atoms with van der Waals surface area (Å²) in [6, 6.07) is 0. The minimum absolute atomic E-state index is 0.172. The van der Waals surface area contributed by atoms with Crippen molar-refractivity contribution in [1.82, 2.24) is 5.32 Å². The van der Waals surface area contributed by atoms with Gasteiger partial charge in [-0.15, -0.1) is 0 Å². The van der Waals surface area contributed by atoms with Crippen LogP contribution in [0.4, 0.5) is 0 Å². The van der Waals surface area contributed by atoms with Gasteiger partial charge in [-0.25, -0.2) is 0 Å². The Bertz CT molecular complexity index is 271. The van der Waals surface area contributed by atoms with E-state index < -0.39 is 10.1 Å². The smallest absolute Gasteiger partial charge is 0.267 e. The lowest BCUT2D eigenvalue weighted by molar-refractivity contribution is 0.331. The van der Waals surface area contributed by atoms with Gasteiger partial charge >= 0.3 is 0 Å². The second-order valence-corrected chi connectivity index (χ2v) is 6.12. The molecule has 1 saturated heterocycles. The van der Waals surface area contributed by atoms with Crippen molar-refractivity contribution in [3.05, 3.63) is 0 Å². The van der Waals surface area contributed by atoms with Crippen molar-refractivity contribution in [2.24, 2.45) is 5.92 Å². The van der Waals surface area contributed by atoms with Crippen molar-refractivity contribution >= 4 is 10.1 Å². The first kappa shape index (κ1) is 13.9. The minimum atomic E-state index is -3.25. The first-order chi connectivity index (χ1) is 7.64. The van der Waals surface area contributed by atoms with Gasteiger partial charge in [0.05, 0.1) is 12.4 Å². The fourth-order valence-corrected chi connectivity index (χ4v) is 3.16. The average Bonchev–Trinajstić information content (AvgIpc) is 2.26. The Morgan fingerprint density at radius 3 is 2.56 bits per heavy atom.